The molecule has 0 radical (unpaired) electrons. The fourth-order valence-corrected chi connectivity index (χ4v) is 1.17. The van der Waals surface area contributed by atoms with Crippen LogP contribution in [0.2, 0.25) is 0 Å². The third kappa shape index (κ3) is 9.03. The molecule has 0 fully saturated rings. The molecule has 0 aliphatic heterocycles. The molecule has 0 aliphatic carbocycles. The lowest BCUT2D eigenvalue weighted by Gasteiger charge is -2.03. The Morgan fingerprint density at radius 2 is 2.27 bits per heavy atom. The normalized spacial score (nSPS) is 9.40. The number of carbonyl (C=O) groups is 1. The summed E-state index contributed by atoms with van der Waals surface area (Å²) in [6.07, 6.45) is 0. The van der Waals surface area contributed by atoms with Crippen molar-refractivity contribution < 1.29 is 9.53 Å². The highest BCUT2D eigenvalue weighted by Gasteiger charge is 2.03. The molecule has 0 atom stereocenters. The standard InChI is InChI=1S/C7H15N5O2S/c1-14-3-2-11-5(13)4-15-7(10)12-6(8)9/h2-4H2,1H3,(H,11,13)(H5,8,9,10,12). The average molecular weight is 233 g/mol. The van der Waals surface area contributed by atoms with E-state index in [0.29, 0.717) is 13.2 Å². The number of rotatable bonds is 5. The maximum atomic E-state index is 11.1. The fourth-order valence-electron chi connectivity index (χ4n) is 0.627. The molecule has 0 aliphatic rings. The number of ether oxygens (including phenoxy) is 1. The predicted molar refractivity (Wildman–Crippen MR) is 60.9 cm³/mol. The number of hydrogen-bond donors (Lipinski definition) is 4. The average Bonchev–Trinajstić information content (AvgIpc) is 2.14. The number of carbonyl (C=O) groups excluding carboxylic acids is 1. The first kappa shape index (κ1) is 13.7. The Morgan fingerprint density at radius 1 is 1.60 bits per heavy atom. The minimum absolute atomic E-state index is 0.0862. The van der Waals surface area contributed by atoms with E-state index in [1.54, 1.807) is 7.11 Å². The zero-order chi connectivity index (χ0) is 11.7. The molecule has 0 bridgehead atoms. The van der Waals surface area contributed by atoms with Crippen LogP contribution in [0, 0.1) is 5.41 Å². The lowest BCUT2D eigenvalue weighted by Crippen LogP contribution is -2.29. The third-order valence-corrected chi connectivity index (χ3v) is 1.97. The van der Waals surface area contributed by atoms with Crippen LogP contribution >= 0.6 is 11.8 Å². The van der Waals surface area contributed by atoms with E-state index in [1.807, 2.05) is 0 Å². The Hall–Kier alpha value is -1.28. The Kier molecular flexibility index (Phi) is 7.38. The van der Waals surface area contributed by atoms with Gasteiger partial charge in [0, 0.05) is 13.7 Å². The van der Waals surface area contributed by atoms with E-state index < -0.39 is 0 Å². The Morgan fingerprint density at radius 3 is 2.80 bits per heavy atom. The summed E-state index contributed by atoms with van der Waals surface area (Å²) in [6, 6.07) is 0. The monoisotopic (exact) mass is 233 g/mol. The van der Waals surface area contributed by atoms with Gasteiger partial charge in [0.05, 0.1) is 12.4 Å². The number of methoxy groups -OCH3 is 1. The Balaban J connectivity index is 3.62. The first-order valence-electron chi connectivity index (χ1n) is 4.13. The van der Waals surface area contributed by atoms with Crippen molar-refractivity contribution in [2.75, 3.05) is 26.0 Å². The molecule has 0 saturated heterocycles. The summed E-state index contributed by atoms with van der Waals surface area (Å²) in [7, 11) is 1.55. The second-order valence-electron chi connectivity index (χ2n) is 2.47. The van der Waals surface area contributed by atoms with Gasteiger partial charge in [0.25, 0.3) is 0 Å². The van der Waals surface area contributed by atoms with Gasteiger partial charge >= 0.3 is 0 Å². The summed E-state index contributed by atoms with van der Waals surface area (Å²) in [5.74, 6) is -0.265. The lowest BCUT2D eigenvalue weighted by atomic mass is 10.6. The topological polar surface area (TPSA) is 127 Å². The van der Waals surface area contributed by atoms with Crippen molar-refractivity contribution in [3.8, 4) is 0 Å². The molecule has 0 unspecified atom stereocenters. The lowest BCUT2D eigenvalue weighted by molar-refractivity contribution is -0.118. The number of nitrogens with zero attached hydrogens (tertiary/aromatic N) is 1. The number of aliphatic imine (C=N–C) groups is 1. The fraction of sp³-hybridized carbons (Fsp3) is 0.571. The van der Waals surface area contributed by atoms with Crippen molar-refractivity contribution in [3.05, 3.63) is 0 Å². The molecular formula is C7H15N5O2S. The quantitative estimate of drug-likeness (QED) is 0.266. The third-order valence-electron chi connectivity index (χ3n) is 1.20. The number of thioether (sulfide) groups is 1. The summed E-state index contributed by atoms with van der Waals surface area (Å²) in [4.78, 5) is 14.6. The molecule has 0 saturated carbocycles. The van der Waals surface area contributed by atoms with Crippen molar-refractivity contribution in [2.24, 2.45) is 16.5 Å². The number of hydrogen-bond acceptors (Lipinski definition) is 4. The van der Waals surface area contributed by atoms with Crippen molar-refractivity contribution >= 4 is 28.8 Å². The van der Waals surface area contributed by atoms with Crippen molar-refractivity contribution in [2.45, 2.75) is 0 Å². The highest BCUT2D eigenvalue weighted by molar-refractivity contribution is 8.14. The van der Waals surface area contributed by atoms with Crippen LogP contribution in [0.1, 0.15) is 0 Å². The van der Waals surface area contributed by atoms with Crippen LogP contribution < -0.4 is 16.8 Å². The molecule has 7 nitrogen and oxygen atoms in total. The summed E-state index contributed by atoms with van der Waals surface area (Å²) < 4.78 is 4.75. The number of nitrogens with two attached hydrogens (primary N) is 2. The van der Waals surface area contributed by atoms with Crippen LogP contribution in [0.4, 0.5) is 0 Å². The van der Waals surface area contributed by atoms with Crippen molar-refractivity contribution in [1.29, 1.82) is 5.41 Å². The van der Waals surface area contributed by atoms with E-state index in [4.69, 9.17) is 21.6 Å². The highest BCUT2D eigenvalue weighted by atomic mass is 32.2. The first-order valence-corrected chi connectivity index (χ1v) is 5.11. The molecule has 15 heavy (non-hydrogen) atoms. The molecule has 8 heteroatoms. The summed E-state index contributed by atoms with van der Waals surface area (Å²) in [6.45, 7) is 0.910. The van der Waals surface area contributed by atoms with Crippen molar-refractivity contribution in [3.63, 3.8) is 0 Å². The molecule has 0 aromatic heterocycles. The minimum atomic E-state index is -0.188. The van der Waals surface area contributed by atoms with Gasteiger partial charge < -0.3 is 21.5 Å². The van der Waals surface area contributed by atoms with E-state index in [-0.39, 0.29) is 22.8 Å². The molecule has 0 aromatic rings. The van der Waals surface area contributed by atoms with Crippen LogP contribution in [-0.2, 0) is 9.53 Å². The minimum Gasteiger partial charge on any atom is -0.383 e. The molecule has 1 amide bonds. The van der Waals surface area contributed by atoms with E-state index >= 15 is 0 Å². The van der Waals surface area contributed by atoms with Crippen LogP contribution in [0.5, 0.6) is 0 Å². The van der Waals surface area contributed by atoms with Gasteiger partial charge in [0.15, 0.2) is 11.1 Å². The second kappa shape index (κ2) is 8.06. The molecular weight excluding hydrogens is 218 g/mol. The van der Waals surface area contributed by atoms with Gasteiger partial charge in [0.1, 0.15) is 0 Å². The molecule has 0 aromatic carbocycles. The van der Waals surface area contributed by atoms with Gasteiger partial charge in [-0.1, -0.05) is 11.8 Å². The number of guanidine groups is 1. The smallest absolute Gasteiger partial charge is 0.230 e. The van der Waals surface area contributed by atoms with Gasteiger partial charge in [-0.2, -0.15) is 4.99 Å². The van der Waals surface area contributed by atoms with E-state index in [9.17, 15) is 4.79 Å². The van der Waals surface area contributed by atoms with Crippen molar-refractivity contribution in [1.82, 2.24) is 5.32 Å². The summed E-state index contributed by atoms with van der Waals surface area (Å²) in [5, 5.41) is 9.75. The first-order chi connectivity index (χ1) is 7.06. The van der Waals surface area contributed by atoms with Crippen LogP contribution in [-0.4, -0.2) is 43.0 Å². The Labute approximate surface area is 92.1 Å². The number of amidine groups is 1. The molecule has 0 spiro atoms. The van der Waals surface area contributed by atoms with Crippen LogP contribution in [0.25, 0.3) is 0 Å². The molecule has 6 N–H and O–H groups in total. The van der Waals surface area contributed by atoms with Gasteiger partial charge in [-0.15, -0.1) is 0 Å². The van der Waals surface area contributed by atoms with Gasteiger partial charge in [-0.25, -0.2) is 0 Å². The molecule has 86 valence electrons. The molecule has 0 rings (SSSR count). The van der Waals surface area contributed by atoms with E-state index in [0.717, 1.165) is 11.8 Å². The zero-order valence-electron chi connectivity index (χ0n) is 8.45. The van der Waals surface area contributed by atoms with Gasteiger partial charge in [-0.3, -0.25) is 10.2 Å². The number of nitrogens with one attached hydrogen (secondary N) is 2. The Bertz CT molecular complexity index is 252. The van der Waals surface area contributed by atoms with E-state index in [2.05, 4.69) is 10.3 Å². The largest absolute Gasteiger partial charge is 0.383 e. The predicted octanol–water partition coefficient (Wildman–Crippen LogP) is -1.31. The summed E-state index contributed by atoms with van der Waals surface area (Å²) in [5.41, 5.74) is 10.1. The maximum Gasteiger partial charge on any atom is 0.230 e. The zero-order valence-corrected chi connectivity index (χ0v) is 9.26. The number of amides is 1. The van der Waals surface area contributed by atoms with E-state index in [1.165, 1.54) is 0 Å². The SMILES string of the molecule is COCCNC(=O)CSC(=N)N=C(N)N. The second-order valence-corrected chi connectivity index (χ2v) is 3.44. The van der Waals surface area contributed by atoms with Gasteiger partial charge in [-0.05, 0) is 0 Å². The highest BCUT2D eigenvalue weighted by Crippen LogP contribution is 2.02. The van der Waals surface area contributed by atoms with Crippen LogP contribution in [0.15, 0.2) is 4.99 Å². The summed E-state index contributed by atoms with van der Waals surface area (Å²) >= 11 is 0.954. The van der Waals surface area contributed by atoms with Gasteiger partial charge in [0.2, 0.25) is 5.91 Å². The maximum absolute atomic E-state index is 11.1. The van der Waals surface area contributed by atoms with Crippen LogP contribution in [0.3, 0.4) is 0 Å². The molecule has 0 heterocycles.